The third-order valence-corrected chi connectivity index (χ3v) is 3.59. The van der Waals surface area contributed by atoms with E-state index in [0.29, 0.717) is 35.2 Å². The summed E-state index contributed by atoms with van der Waals surface area (Å²) >= 11 is 0. The lowest BCUT2D eigenvalue weighted by Gasteiger charge is -2.02. The average Bonchev–Trinajstić information content (AvgIpc) is 3.14. The number of para-hydroxylation sites is 1. The van der Waals surface area contributed by atoms with Gasteiger partial charge in [-0.25, -0.2) is 4.98 Å². The topological polar surface area (TPSA) is 81.2 Å². The van der Waals surface area contributed by atoms with Crippen LogP contribution in [0.4, 0.5) is 5.69 Å². The highest BCUT2D eigenvalue weighted by atomic mass is 16.6. The van der Waals surface area contributed by atoms with E-state index in [4.69, 9.17) is 4.42 Å². The molecule has 1 fully saturated rings. The van der Waals surface area contributed by atoms with Crippen LogP contribution >= 0.6 is 0 Å². The number of nitro groups is 1. The molecule has 0 spiro atoms. The van der Waals surface area contributed by atoms with Crippen LogP contribution in [0, 0.1) is 17.0 Å². The number of aromatic nitrogens is 1. The molecule has 3 rings (SSSR count). The Bertz CT molecular complexity index is 662. The molecule has 0 aliphatic heterocycles. The minimum absolute atomic E-state index is 0.0799. The standard InChI is InChI=1S/C15H17N3O3/c1-10-3-2-4-12(15(10)18(19)20)13-9-17-14(21-13)7-8-16-11-5-6-11/h2-4,9,11,16H,5-8H2,1H3. The van der Waals surface area contributed by atoms with Crippen molar-refractivity contribution in [3.05, 3.63) is 46.0 Å². The van der Waals surface area contributed by atoms with Gasteiger partial charge in [0.2, 0.25) is 0 Å². The predicted molar refractivity (Wildman–Crippen MR) is 78.1 cm³/mol. The molecule has 0 radical (unpaired) electrons. The summed E-state index contributed by atoms with van der Waals surface area (Å²) in [5.41, 5.74) is 1.18. The predicted octanol–water partition coefficient (Wildman–Crippen LogP) is 2.85. The zero-order valence-electron chi connectivity index (χ0n) is 11.8. The van der Waals surface area contributed by atoms with Crippen molar-refractivity contribution in [2.24, 2.45) is 0 Å². The fourth-order valence-electron chi connectivity index (χ4n) is 2.32. The number of hydrogen-bond donors (Lipinski definition) is 1. The highest BCUT2D eigenvalue weighted by Gasteiger charge is 2.22. The molecule has 2 aromatic rings. The summed E-state index contributed by atoms with van der Waals surface area (Å²) in [6.45, 7) is 2.54. The third kappa shape index (κ3) is 3.11. The van der Waals surface area contributed by atoms with Crippen LogP contribution in [-0.4, -0.2) is 22.5 Å². The molecule has 1 aromatic heterocycles. The number of hydrogen-bond acceptors (Lipinski definition) is 5. The second-order valence-corrected chi connectivity index (χ2v) is 5.32. The number of rotatable bonds is 6. The summed E-state index contributed by atoms with van der Waals surface area (Å²) in [6, 6.07) is 5.85. The van der Waals surface area contributed by atoms with Gasteiger partial charge in [-0.05, 0) is 25.8 Å². The first-order valence-corrected chi connectivity index (χ1v) is 7.07. The molecule has 110 valence electrons. The van der Waals surface area contributed by atoms with Gasteiger partial charge < -0.3 is 9.73 Å². The fraction of sp³-hybridized carbons (Fsp3) is 0.400. The number of benzene rings is 1. The van der Waals surface area contributed by atoms with Crippen molar-refractivity contribution in [2.45, 2.75) is 32.2 Å². The summed E-state index contributed by atoms with van der Waals surface area (Å²) in [5, 5.41) is 14.6. The highest BCUT2D eigenvalue weighted by molar-refractivity contribution is 5.71. The van der Waals surface area contributed by atoms with Gasteiger partial charge in [0.25, 0.3) is 5.69 Å². The summed E-state index contributed by atoms with van der Waals surface area (Å²) < 4.78 is 5.66. The van der Waals surface area contributed by atoms with E-state index >= 15 is 0 Å². The summed E-state index contributed by atoms with van der Waals surface area (Å²) in [6.07, 6.45) is 4.74. The van der Waals surface area contributed by atoms with E-state index in [0.717, 1.165) is 6.54 Å². The molecule has 0 saturated heterocycles. The van der Waals surface area contributed by atoms with Crippen molar-refractivity contribution in [1.29, 1.82) is 0 Å². The van der Waals surface area contributed by atoms with Gasteiger partial charge in [0.15, 0.2) is 11.7 Å². The molecule has 0 amide bonds. The van der Waals surface area contributed by atoms with E-state index in [9.17, 15) is 10.1 Å². The van der Waals surface area contributed by atoms with Crippen LogP contribution in [0.2, 0.25) is 0 Å². The number of nitro benzene ring substituents is 1. The lowest BCUT2D eigenvalue weighted by Crippen LogP contribution is -2.19. The third-order valence-electron chi connectivity index (χ3n) is 3.59. The molecule has 1 heterocycles. The van der Waals surface area contributed by atoms with Crippen LogP contribution in [0.5, 0.6) is 0 Å². The van der Waals surface area contributed by atoms with E-state index in [1.807, 2.05) is 0 Å². The maximum Gasteiger partial charge on any atom is 0.283 e. The summed E-state index contributed by atoms with van der Waals surface area (Å²) in [5.74, 6) is 1.06. The van der Waals surface area contributed by atoms with Crippen molar-refractivity contribution < 1.29 is 9.34 Å². The van der Waals surface area contributed by atoms with Crippen LogP contribution in [0.25, 0.3) is 11.3 Å². The molecule has 0 unspecified atom stereocenters. The van der Waals surface area contributed by atoms with E-state index in [1.54, 1.807) is 31.3 Å². The number of nitrogens with one attached hydrogen (secondary N) is 1. The van der Waals surface area contributed by atoms with Gasteiger partial charge >= 0.3 is 0 Å². The summed E-state index contributed by atoms with van der Waals surface area (Å²) in [7, 11) is 0. The van der Waals surface area contributed by atoms with Gasteiger partial charge in [-0.2, -0.15) is 0 Å². The van der Waals surface area contributed by atoms with Gasteiger partial charge in [-0.1, -0.05) is 12.1 Å². The largest absolute Gasteiger partial charge is 0.440 e. The molecule has 1 aliphatic rings. The van der Waals surface area contributed by atoms with Crippen LogP contribution in [0.15, 0.2) is 28.8 Å². The van der Waals surface area contributed by atoms with Crippen LogP contribution in [-0.2, 0) is 6.42 Å². The number of aryl methyl sites for hydroxylation is 1. The van der Waals surface area contributed by atoms with Gasteiger partial charge in [0, 0.05) is 24.6 Å². The van der Waals surface area contributed by atoms with E-state index in [-0.39, 0.29) is 10.6 Å². The number of oxazole rings is 1. The quantitative estimate of drug-likeness (QED) is 0.652. The van der Waals surface area contributed by atoms with Crippen molar-refractivity contribution in [3.8, 4) is 11.3 Å². The maximum absolute atomic E-state index is 11.2. The Balaban J connectivity index is 1.79. The number of nitrogens with zero attached hydrogens (tertiary/aromatic N) is 2. The molecular weight excluding hydrogens is 270 g/mol. The fourth-order valence-corrected chi connectivity index (χ4v) is 2.32. The lowest BCUT2D eigenvalue weighted by molar-refractivity contribution is -0.384. The monoisotopic (exact) mass is 287 g/mol. The summed E-state index contributed by atoms with van der Waals surface area (Å²) in [4.78, 5) is 15.0. The van der Waals surface area contributed by atoms with E-state index in [2.05, 4.69) is 10.3 Å². The molecular formula is C15H17N3O3. The Hall–Kier alpha value is -2.21. The van der Waals surface area contributed by atoms with Crippen LogP contribution in [0.1, 0.15) is 24.3 Å². The van der Waals surface area contributed by atoms with Crippen molar-refractivity contribution in [2.75, 3.05) is 6.54 Å². The van der Waals surface area contributed by atoms with Crippen LogP contribution < -0.4 is 5.32 Å². The minimum Gasteiger partial charge on any atom is -0.440 e. The molecule has 0 atom stereocenters. The van der Waals surface area contributed by atoms with E-state index < -0.39 is 0 Å². The molecule has 6 nitrogen and oxygen atoms in total. The average molecular weight is 287 g/mol. The van der Waals surface area contributed by atoms with Crippen molar-refractivity contribution in [3.63, 3.8) is 0 Å². The van der Waals surface area contributed by atoms with Gasteiger partial charge in [0.1, 0.15) is 0 Å². The zero-order valence-corrected chi connectivity index (χ0v) is 11.8. The van der Waals surface area contributed by atoms with Crippen molar-refractivity contribution in [1.82, 2.24) is 10.3 Å². The lowest BCUT2D eigenvalue weighted by atomic mass is 10.1. The first-order valence-electron chi connectivity index (χ1n) is 7.07. The van der Waals surface area contributed by atoms with Crippen LogP contribution in [0.3, 0.4) is 0 Å². The van der Waals surface area contributed by atoms with Gasteiger partial charge in [-0.15, -0.1) is 0 Å². The Labute approximate surface area is 122 Å². The molecule has 0 bridgehead atoms. The maximum atomic E-state index is 11.2. The van der Waals surface area contributed by atoms with Gasteiger partial charge in [0.05, 0.1) is 16.7 Å². The molecule has 1 N–H and O–H groups in total. The first-order chi connectivity index (χ1) is 10.1. The SMILES string of the molecule is Cc1cccc(-c2cnc(CCNC3CC3)o2)c1[N+](=O)[O-]. The first kappa shape index (κ1) is 13.8. The normalized spacial score (nSPS) is 14.3. The molecule has 1 saturated carbocycles. The minimum atomic E-state index is -0.374. The zero-order chi connectivity index (χ0) is 14.8. The second-order valence-electron chi connectivity index (χ2n) is 5.32. The Morgan fingerprint density at radius 2 is 2.29 bits per heavy atom. The van der Waals surface area contributed by atoms with Crippen molar-refractivity contribution >= 4 is 5.69 Å². The second kappa shape index (κ2) is 5.65. The van der Waals surface area contributed by atoms with E-state index in [1.165, 1.54) is 12.8 Å². The highest BCUT2D eigenvalue weighted by Crippen LogP contribution is 2.32. The Morgan fingerprint density at radius 1 is 1.48 bits per heavy atom. The molecule has 1 aromatic carbocycles. The Kier molecular flexibility index (Phi) is 3.70. The molecule has 21 heavy (non-hydrogen) atoms. The molecule has 1 aliphatic carbocycles. The van der Waals surface area contributed by atoms with Gasteiger partial charge in [-0.3, -0.25) is 10.1 Å². The Morgan fingerprint density at radius 3 is 3.00 bits per heavy atom. The molecule has 6 heteroatoms. The smallest absolute Gasteiger partial charge is 0.283 e.